The second kappa shape index (κ2) is 4.33. The molecule has 82 valence electrons. The van der Waals surface area contributed by atoms with Gasteiger partial charge < -0.3 is 11.1 Å². The lowest BCUT2D eigenvalue weighted by Gasteiger charge is -2.24. The lowest BCUT2D eigenvalue weighted by molar-refractivity contribution is -0.122. The molecule has 1 amide bonds. The first-order valence-corrected chi connectivity index (χ1v) is 6.18. The number of hydrogen-bond acceptors (Lipinski definition) is 3. The summed E-state index contributed by atoms with van der Waals surface area (Å²) in [4.78, 5) is 12.9. The summed E-state index contributed by atoms with van der Waals surface area (Å²) in [6, 6.07) is 1.87. The van der Waals surface area contributed by atoms with Gasteiger partial charge in [-0.25, -0.2) is 0 Å². The first-order chi connectivity index (χ1) is 7.18. The van der Waals surface area contributed by atoms with Crippen LogP contribution in [0, 0.1) is 0 Å². The third-order valence-corrected chi connectivity index (χ3v) is 3.78. The van der Waals surface area contributed by atoms with Crippen LogP contribution in [0.25, 0.3) is 0 Å². The maximum atomic E-state index is 11.5. The molecular formula is C11H16N2OS. The Morgan fingerprint density at radius 1 is 1.73 bits per heavy atom. The fourth-order valence-corrected chi connectivity index (χ4v) is 2.93. The van der Waals surface area contributed by atoms with Gasteiger partial charge in [-0.15, -0.1) is 11.3 Å². The highest BCUT2D eigenvalue weighted by atomic mass is 32.1. The van der Waals surface area contributed by atoms with Crippen LogP contribution in [0.15, 0.2) is 11.4 Å². The first kappa shape index (κ1) is 10.6. The van der Waals surface area contributed by atoms with E-state index in [-0.39, 0.29) is 11.9 Å². The summed E-state index contributed by atoms with van der Waals surface area (Å²) in [5, 5.41) is 5.10. The molecule has 0 aliphatic heterocycles. The topological polar surface area (TPSA) is 55.1 Å². The molecule has 4 heteroatoms. The van der Waals surface area contributed by atoms with Crippen LogP contribution in [0.5, 0.6) is 0 Å². The summed E-state index contributed by atoms with van der Waals surface area (Å²) in [5.41, 5.74) is 6.83. The van der Waals surface area contributed by atoms with Gasteiger partial charge in [-0.2, -0.15) is 0 Å². The van der Waals surface area contributed by atoms with Gasteiger partial charge in [0.05, 0.1) is 12.1 Å². The number of hydrogen-bond donors (Lipinski definition) is 2. The van der Waals surface area contributed by atoms with Crippen LogP contribution in [0.1, 0.15) is 36.2 Å². The lowest BCUT2D eigenvalue weighted by atomic mass is 9.94. The maximum Gasteiger partial charge on any atom is 0.237 e. The Hall–Kier alpha value is -0.870. The molecule has 3 N–H and O–H groups in total. The van der Waals surface area contributed by atoms with Crippen molar-refractivity contribution >= 4 is 17.2 Å². The van der Waals surface area contributed by atoms with Crippen molar-refractivity contribution in [1.29, 1.82) is 0 Å². The number of rotatable bonds is 2. The Balaban J connectivity index is 2.10. The van der Waals surface area contributed by atoms with Crippen molar-refractivity contribution in [3.05, 3.63) is 21.9 Å². The fraction of sp³-hybridized carbons (Fsp3) is 0.545. The van der Waals surface area contributed by atoms with E-state index in [1.54, 1.807) is 18.3 Å². The van der Waals surface area contributed by atoms with Crippen LogP contribution in [0.2, 0.25) is 0 Å². The average molecular weight is 224 g/mol. The summed E-state index contributed by atoms with van der Waals surface area (Å²) in [7, 11) is 0. The van der Waals surface area contributed by atoms with Gasteiger partial charge in [0.2, 0.25) is 5.91 Å². The quantitative estimate of drug-likeness (QED) is 0.801. The molecule has 1 aliphatic rings. The number of nitrogens with one attached hydrogen (secondary N) is 1. The monoisotopic (exact) mass is 224 g/mol. The smallest absolute Gasteiger partial charge is 0.237 e. The van der Waals surface area contributed by atoms with E-state index < -0.39 is 6.04 Å². The molecular weight excluding hydrogens is 208 g/mol. The van der Waals surface area contributed by atoms with Crippen molar-refractivity contribution in [1.82, 2.24) is 5.32 Å². The van der Waals surface area contributed by atoms with Crippen molar-refractivity contribution in [3.8, 4) is 0 Å². The summed E-state index contributed by atoms with van der Waals surface area (Å²) < 4.78 is 0. The van der Waals surface area contributed by atoms with E-state index in [0.29, 0.717) is 0 Å². The molecule has 3 nitrogen and oxygen atoms in total. The van der Waals surface area contributed by atoms with Gasteiger partial charge in [-0.1, -0.05) is 0 Å². The zero-order chi connectivity index (χ0) is 10.8. The minimum atomic E-state index is -0.422. The van der Waals surface area contributed by atoms with Gasteiger partial charge in [0, 0.05) is 4.88 Å². The van der Waals surface area contributed by atoms with E-state index in [1.807, 2.05) is 0 Å². The molecule has 0 saturated carbocycles. The van der Waals surface area contributed by atoms with E-state index in [2.05, 4.69) is 16.8 Å². The number of carbonyl (C=O) groups is 1. The third-order valence-electron chi connectivity index (χ3n) is 2.78. The molecule has 1 unspecified atom stereocenters. The second-order valence-corrected chi connectivity index (χ2v) is 5.04. The predicted octanol–water partition coefficient (Wildman–Crippen LogP) is 1.59. The molecule has 0 bridgehead atoms. The van der Waals surface area contributed by atoms with Crippen molar-refractivity contribution in [2.75, 3.05) is 0 Å². The maximum absolute atomic E-state index is 11.5. The summed E-state index contributed by atoms with van der Waals surface area (Å²) in [5.74, 6) is -0.0564. The number of aryl methyl sites for hydroxylation is 1. The minimum absolute atomic E-state index is 0.0564. The van der Waals surface area contributed by atoms with Crippen molar-refractivity contribution in [2.24, 2.45) is 5.73 Å². The van der Waals surface area contributed by atoms with Gasteiger partial charge in [-0.3, -0.25) is 4.79 Å². The lowest BCUT2D eigenvalue weighted by Crippen LogP contribution is -2.40. The van der Waals surface area contributed by atoms with E-state index in [4.69, 9.17) is 5.73 Å². The Kier molecular flexibility index (Phi) is 3.07. The van der Waals surface area contributed by atoms with Gasteiger partial charge in [-0.05, 0) is 43.2 Å². The first-order valence-electron chi connectivity index (χ1n) is 5.30. The summed E-state index contributed by atoms with van der Waals surface area (Å²) >= 11 is 1.78. The summed E-state index contributed by atoms with van der Waals surface area (Å²) in [6.45, 7) is 1.71. The van der Waals surface area contributed by atoms with E-state index >= 15 is 0 Å². The van der Waals surface area contributed by atoms with Crippen LogP contribution in [0.3, 0.4) is 0 Å². The van der Waals surface area contributed by atoms with Crippen LogP contribution < -0.4 is 11.1 Å². The molecule has 2 rings (SSSR count). The van der Waals surface area contributed by atoms with Gasteiger partial charge in [0.25, 0.3) is 0 Å². The standard InChI is InChI=1S/C11H16N2OS/c1-7(12)11(14)13-9-3-2-4-10-8(9)5-6-15-10/h5-7,9H,2-4,12H2,1H3,(H,13,14)/t7-,9?/m1/s1. The number of nitrogens with two attached hydrogens (primary N) is 1. The molecule has 15 heavy (non-hydrogen) atoms. The Morgan fingerprint density at radius 3 is 3.27 bits per heavy atom. The van der Waals surface area contributed by atoms with Gasteiger partial charge >= 0.3 is 0 Å². The van der Waals surface area contributed by atoms with E-state index in [0.717, 1.165) is 19.3 Å². The molecule has 0 aromatic carbocycles. The highest BCUT2D eigenvalue weighted by Crippen LogP contribution is 2.33. The molecule has 0 spiro atoms. The van der Waals surface area contributed by atoms with Crippen molar-refractivity contribution in [2.45, 2.75) is 38.3 Å². The van der Waals surface area contributed by atoms with Crippen LogP contribution in [-0.2, 0) is 11.2 Å². The van der Waals surface area contributed by atoms with Gasteiger partial charge in [0.15, 0.2) is 0 Å². The molecule has 0 radical (unpaired) electrons. The zero-order valence-electron chi connectivity index (χ0n) is 8.82. The Bertz CT molecular complexity index is 359. The predicted molar refractivity (Wildman–Crippen MR) is 61.8 cm³/mol. The molecule has 0 saturated heterocycles. The molecule has 1 aromatic heterocycles. The SMILES string of the molecule is C[C@@H](N)C(=O)NC1CCCc2sccc21. The van der Waals surface area contributed by atoms with E-state index in [1.165, 1.54) is 10.4 Å². The minimum Gasteiger partial charge on any atom is -0.348 e. The highest BCUT2D eigenvalue weighted by Gasteiger charge is 2.23. The van der Waals surface area contributed by atoms with Crippen molar-refractivity contribution < 1.29 is 4.79 Å². The van der Waals surface area contributed by atoms with Crippen LogP contribution in [-0.4, -0.2) is 11.9 Å². The average Bonchev–Trinajstić information content (AvgIpc) is 2.66. The molecule has 2 atom stereocenters. The number of fused-ring (bicyclic) bond motifs is 1. The summed E-state index contributed by atoms with van der Waals surface area (Å²) in [6.07, 6.45) is 3.33. The Morgan fingerprint density at radius 2 is 2.53 bits per heavy atom. The highest BCUT2D eigenvalue weighted by molar-refractivity contribution is 7.10. The normalized spacial score (nSPS) is 21.9. The van der Waals surface area contributed by atoms with Gasteiger partial charge in [0.1, 0.15) is 0 Å². The zero-order valence-corrected chi connectivity index (χ0v) is 9.64. The van der Waals surface area contributed by atoms with Crippen molar-refractivity contribution in [3.63, 3.8) is 0 Å². The van der Waals surface area contributed by atoms with E-state index in [9.17, 15) is 4.79 Å². The molecule has 0 fully saturated rings. The van der Waals surface area contributed by atoms with Crippen LogP contribution in [0.4, 0.5) is 0 Å². The third kappa shape index (κ3) is 2.21. The number of carbonyl (C=O) groups excluding carboxylic acids is 1. The number of amides is 1. The largest absolute Gasteiger partial charge is 0.348 e. The fourth-order valence-electron chi connectivity index (χ4n) is 1.94. The Labute approximate surface area is 93.7 Å². The molecule has 1 aromatic rings. The molecule has 1 heterocycles. The molecule has 1 aliphatic carbocycles. The van der Waals surface area contributed by atoms with Crippen LogP contribution >= 0.6 is 11.3 Å². The number of thiophene rings is 1. The second-order valence-electron chi connectivity index (χ2n) is 4.04.